The summed E-state index contributed by atoms with van der Waals surface area (Å²) in [5.41, 5.74) is 1.14. The molecule has 1 aromatic rings. The molecule has 118 valence electrons. The maximum absolute atomic E-state index is 6.21. The maximum Gasteiger partial charge on any atom is 0.0872 e. The Labute approximate surface area is 134 Å². The zero-order valence-electron chi connectivity index (χ0n) is 13.5. The molecule has 3 heteroatoms. The molecule has 0 aliphatic heterocycles. The summed E-state index contributed by atoms with van der Waals surface area (Å²) in [6.07, 6.45) is 5.81. The van der Waals surface area contributed by atoms with E-state index in [9.17, 15) is 0 Å². The minimum absolute atomic E-state index is 0.105. The van der Waals surface area contributed by atoms with Crippen molar-refractivity contribution >= 4 is 11.6 Å². The predicted molar refractivity (Wildman–Crippen MR) is 89.9 cm³/mol. The van der Waals surface area contributed by atoms with Crippen LogP contribution >= 0.6 is 11.6 Å². The van der Waals surface area contributed by atoms with Gasteiger partial charge in [-0.1, -0.05) is 37.6 Å². The first-order valence-corrected chi connectivity index (χ1v) is 8.53. The van der Waals surface area contributed by atoms with E-state index in [0.29, 0.717) is 0 Å². The van der Waals surface area contributed by atoms with Gasteiger partial charge in [-0.25, -0.2) is 0 Å². The summed E-state index contributed by atoms with van der Waals surface area (Å²) in [6.45, 7) is 5.54. The molecule has 0 amide bonds. The lowest BCUT2D eigenvalue weighted by Gasteiger charge is -2.44. The number of hydrogen-bond donors (Lipinski definition) is 1. The van der Waals surface area contributed by atoms with E-state index in [1.807, 2.05) is 19.2 Å². The lowest BCUT2D eigenvalue weighted by Crippen LogP contribution is -2.48. The van der Waals surface area contributed by atoms with Crippen LogP contribution in [-0.2, 0) is 4.74 Å². The molecule has 1 aromatic carbocycles. The van der Waals surface area contributed by atoms with Crippen LogP contribution in [0.15, 0.2) is 24.3 Å². The summed E-state index contributed by atoms with van der Waals surface area (Å²) in [5.74, 6) is 0.805. The Morgan fingerprint density at radius 1 is 1.38 bits per heavy atom. The number of nitrogens with one attached hydrogen (secondary N) is 1. The Hall–Kier alpha value is -0.570. The topological polar surface area (TPSA) is 21.3 Å². The van der Waals surface area contributed by atoms with Crippen LogP contribution in [0.2, 0.25) is 5.02 Å². The van der Waals surface area contributed by atoms with Gasteiger partial charge in [0.2, 0.25) is 0 Å². The van der Waals surface area contributed by atoms with E-state index in [2.05, 4.69) is 31.3 Å². The number of methoxy groups -OCH3 is 1. The zero-order chi connectivity index (χ0) is 15.3. The molecule has 1 N–H and O–H groups in total. The molecule has 1 saturated carbocycles. The third-order valence-electron chi connectivity index (χ3n) is 4.83. The Balaban J connectivity index is 2.29. The highest BCUT2D eigenvalue weighted by Crippen LogP contribution is 2.43. The van der Waals surface area contributed by atoms with E-state index >= 15 is 0 Å². The van der Waals surface area contributed by atoms with Crippen LogP contribution in [0, 0.1) is 5.92 Å². The van der Waals surface area contributed by atoms with Crippen molar-refractivity contribution in [1.82, 2.24) is 5.32 Å². The van der Waals surface area contributed by atoms with Crippen molar-refractivity contribution in [2.75, 3.05) is 13.7 Å². The first-order chi connectivity index (χ1) is 10.1. The SMILES string of the molecule is CCCNC(c1cccc(Cl)c1)C1(OC)CCC(C)CC1. The quantitative estimate of drug-likeness (QED) is 0.800. The Bertz CT molecular complexity index is 441. The fourth-order valence-electron chi connectivity index (χ4n) is 3.44. The summed E-state index contributed by atoms with van der Waals surface area (Å²) in [6, 6.07) is 8.43. The van der Waals surface area contributed by atoms with Crippen LogP contribution in [-0.4, -0.2) is 19.3 Å². The molecule has 0 spiro atoms. The van der Waals surface area contributed by atoms with Crippen molar-refractivity contribution in [1.29, 1.82) is 0 Å². The van der Waals surface area contributed by atoms with E-state index in [-0.39, 0.29) is 11.6 Å². The van der Waals surface area contributed by atoms with E-state index in [1.165, 1.54) is 18.4 Å². The number of rotatable bonds is 6. The van der Waals surface area contributed by atoms with Gasteiger partial charge in [0, 0.05) is 12.1 Å². The normalized spacial score (nSPS) is 27.5. The van der Waals surface area contributed by atoms with Gasteiger partial charge in [0.25, 0.3) is 0 Å². The molecule has 0 saturated heterocycles. The Morgan fingerprint density at radius 2 is 2.10 bits per heavy atom. The molecule has 1 aliphatic carbocycles. The van der Waals surface area contributed by atoms with Gasteiger partial charge in [0.05, 0.1) is 11.6 Å². The minimum atomic E-state index is -0.105. The average Bonchev–Trinajstić information content (AvgIpc) is 2.50. The molecule has 2 rings (SSSR count). The molecular weight excluding hydrogens is 282 g/mol. The van der Waals surface area contributed by atoms with Crippen LogP contribution in [0.5, 0.6) is 0 Å². The highest BCUT2D eigenvalue weighted by molar-refractivity contribution is 6.30. The second-order valence-corrected chi connectivity index (χ2v) is 6.83. The fraction of sp³-hybridized carbons (Fsp3) is 0.667. The number of halogens is 1. The van der Waals surface area contributed by atoms with Gasteiger partial charge in [0.15, 0.2) is 0 Å². The molecular formula is C18H28ClNO. The van der Waals surface area contributed by atoms with Crippen molar-refractivity contribution in [3.8, 4) is 0 Å². The molecule has 2 nitrogen and oxygen atoms in total. The second kappa shape index (κ2) is 7.62. The highest BCUT2D eigenvalue weighted by Gasteiger charge is 2.42. The number of hydrogen-bond acceptors (Lipinski definition) is 2. The first kappa shape index (κ1) is 16.8. The largest absolute Gasteiger partial charge is 0.376 e. The summed E-state index contributed by atoms with van der Waals surface area (Å²) in [5, 5.41) is 4.50. The van der Waals surface area contributed by atoms with Crippen LogP contribution in [0.3, 0.4) is 0 Å². The van der Waals surface area contributed by atoms with Crippen molar-refractivity contribution < 1.29 is 4.74 Å². The zero-order valence-corrected chi connectivity index (χ0v) is 14.2. The van der Waals surface area contributed by atoms with Crippen LogP contribution < -0.4 is 5.32 Å². The van der Waals surface area contributed by atoms with Crippen LogP contribution in [0.1, 0.15) is 57.6 Å². The third kappa shape index (κ3) is 4.00. The summed E-state index contributed by atoms with van der Waals surface area (Å²) < 4.78 is 6.08. The fourth-order valence-corrected chi connectivity index (χ4v) is 3.64. The van der Waals surface area contributed by atoms with Crippen molar-refractivity contribution in [3.05, 3.63) is 34.9 Å². The van der Waals surface area contributed by atoms with Gasteiger partial charge in [-0.15, -0.1) is 0 Å². The van der Waals surface area contributed by atoms with Crippen molar-refractivity contribution in [3.63, 3.8) is 0 Å². The van der Waals surface area contributed by atoms with E-state index in [1.54, 1.807) is 0 Å². The van der Waals surface area contributed by atoms with E-state index < -0.39 is 0 Å². The van der Waals surface area contributed by atoms with Crippen molar-refractivity contribution in [2.45, 2.75) is 57.6 Å². The molecule has 0 aromatic heterocycles. The van der Waals surface area contributed by atoms with Gasteiger partial charge in [-0.2, -0.15) is 0 Å². The summed E-state index contributed by atoms with van der Waals surface area (Å²) in [7, 11) is 1.86. The van der Waals surface area contributed by atoms with Gasteiger partial charge in [-0.05, 0) is 62.3 Å². The summed E-state index contributed by atoms with van der Waals surface area (Å²) >= 11 is 6.21. The number of benzene rings is 1. The Kier molecular flexibility index (Phi) is 6.09. The highest BCUT2D eigenvalue weighted by atomic mass is 35.5. The standard InChI is InChI=1S/C18H28ClNO/c1-4-12-20-17(15-6-5-7-16(19)13-15)18(21-3)10-8-14(2)9-11-18/h5-7,13-14,17,20H,4,8-12H2,1-3H3. The average molecular weight is 310 g/mol. The first-order valence-electron chi connectivity index (χ1n) is 8.15. The molecule has 0 radical (unpaired) electrons. The monoisotopic (exact) mass is 309 g/mol. The lowest BCUT2D eigenvalue weighted by molar-refractivity contribution is -0.0760. The molecule has 1 unspecified atom stereocenters. The molecule has 0 bridgehead atoms. The third-order valence-corrected chi connectivity index (χ3v) is 5.07. The Morgan fingerprint density at radius 3 is 2.67 bits per heavy atom. The van der Waals surface area contributed by atoms with Crippen LogP contribution in [0.25, 0.3) is 0 Å². The predicted octanol–water partition coefficient (Wildman–Crippen LogP) is 4.98. The second-order valence-electron chi connectivity index (χ2n) is 6.39. The molecule has 0 heterocycles. The smallest absolute Gasteiger partial charge is 0.0872 e. The van der Waals surface area contributed by atoms with E-state index in [0.717, 1.165) is 36.7 Å². The van der Waals surface area contributed by atoms with Crippen molar-refractivity contribution in [2.24, 2.45) is 5.92 Å². The molecule has 1 fully saturated rings. The molecule has 1 aliphatic rings. The van der Waals surface area contributed by atoms with Gasteiger partial charge in [-0.3, -0.25) is 0 Å². The van der Waals surface area contributed by atoms with E-state index in [4.69, 9.17) is 16.3 Å². The van der Waals surface area contributed by atoms with Crippen LogP contribution in [0.4, 0.5) is 0 Å². The number of ether oxygens (including phenoxy) is 1. The van der Waals surface area contributed by atoms with Gasteiger partial charge in [0.1, 0.15) is 0 Å². The molecule has 21 heavy (non-hydrogen) atoms. The molecule has 1 atom stereocenters. The minimum Gasteiger partial charge on any atom is -0.376 e. The summed E-state index contributed by atoms with van der Waals surface area (Å²) in [4.78, 5) is 0. The van der Waals surface area contributed by atoms with Gasteiger partial charge < -0.3 is 10.1 Å². The maximum atomic E-state index is 6.21. The lowest BCUT2D eigenvalue weighted by atomic mass is 9.73. The van der Waals surface area contributed by atoms with Gasteiger partial charge >= 0.3 is 0 Å².